The number of benzene rings is 2. The lowest BCUT2D eigenvalue weighted by Crippen LogP contribution is -2.42. The Morgan fingerprint density at radius 1 is 0.917 bits per heavy atom. The van der Waals surface area contributed by atoms with Crippen LogP contribution < -0.4 is 18.9 Å². The highest BCUT2D eigenvalue weighted by Crippen LogP contribution is 2.35. The Balaban J connectivity index is 1.77. The average molecular weight is 496 g/mol. The minimum Gasteiger partial charge on any atom is -0.493 e. The number of methoxy groups -OCH3 is 4. The molecule has 0 aliphatic carbocycles. The number of amides is 1. The number of carbonyl (C=O) groups excluding carboxylic acids is 1. The number of hydrogen-bond donors (Lipinski definition) is 0. The maximum Gasteiger partial charge on any atom is 0.263 e. The van der Waals surface area contributed by atoms with Crippen molar-refractivity contribution in [2.45, 2.75) is 0 Å². The molecule has 1 aliphatic rings. The van der Waals surface area contributed by atoms with Crippen molar-refractivity contribution in [3.63, 3.8) is 0 Å². The van der Waals surface area contributed by atoms with Crippen molar-refractivity contribution >= 4 is 22.4 Å². The van der Waals surface area contributed by atoms with Gasteiger partial charge in [-0.2, -0.15) is 0 Å². The molecular formula is C26H29N3O7. The largest absolute Gasteiger partial charge is 0.493 e. The van der Waals surface area contributed by atoms with Crippen LogP contribution in [-0.2, 0) is 14.4 Å². The van der Waals surface area contributed by atoms with Crippen molar-refractivity contribution in [2.24, 2.45) is 5.16 Å². The van der Waals surface area contributed by atoms with Crippen LogP contribution in [0.3, 0.4) is 0 Å². The summed E-state index contributed by atoms with van der Waals surface area (Å²) in [6, 6.07) is 11.0. The number of oxime groups is 1. The summed E-state index contributed by atoms with van der Waals surface area (Å²) < 4.78 is 27.1. The topological polar surface area (TPSA) is 101 Å². The van der Waals surface area contributed by atoms with Crippen LogP contribution in [0.2, 0.25) is 0 Å². The van der Waals surface area contributed by atoms with E-state index in [4.69, 9.17) is 28.5 Å². The highest BCUT2D eigenvalue weighted by atomic mass is 16.6. The summed E-state index contributed by atoms with van der Waals surface area (Å²) in [5.41, 5.74) is 1.63. The molecule has 0 unspecified atom stereocenters. The van der Waals surface area contributed by atoms with Gasteiger partial charge in [-0.05, 0) is 41.8 Å². The first kappa shape index (κ1) is 25.1. The van der Waals surface area contributed by atoms with E-state index in [2.05, 4.69) is 10.1 Å². The number of rotatable bonds is 9. The van der Waals surface area contributed by atoms with E-state index in [1.807, 2.05) is 24.3 Å². The lowest BCUT2D eigenvalue weighted by molar-refractivity contribution is -0.140. The van der Waals surface area contributed by atoms with Crippen LogP contribution in [-0.4, -0.2) is 82.9 Å². The Morgan fingerprint density at radius 3 is 2.28 bits per heavy atom. The third kappa shape index (κ3) is 5.28. The summed E-state index contributed by atoms with van der Waals surface area (Å²) in [4.78, 5) is 24.5. The molecule has 3 aromatic rings. The number of fused-ring (bicyclic) bond motifs is 1. The molecule has 1 saturated heterocycles. The molecule has 0 bridgehead atoms. The zero-order chi connectivity index (χ0) is 25.5. The fourth-order valence-corrected chi connectivity index (χ4v) is 3.96. The van der Waals surface area contributed by atoms with Gasteiger partial charge in [-0.3, -0.25) is 9.78 Å². The fourth-order valence-electron chi connectivity index (χ4n) is 3.96. The monoisotopic (exact) mass is 495 g/mol. The number of ether oxygens (including phenoxy) is 5. The van der Waals surface area contributed by atoms with E-state index >= 15 is 0 Å². The lowest BCUT2D eigenvalue weighted by atomic mass is 10.0. The summed E-state index contributed by atoms with van der Waals surface area (Å²) >= 11 is 0. The maximum atomic E-state index is 12.6. The first-order valence-corrected chi connectivity index (χ1v) is 11.4. The van der Waals surface area contributed by atoms with Gasteiger partial charge >= 0.3 is 0 Å². The summed E-state index contributed by atoms with van der Waals surface area (Å²) in [6.07, 6.45) is 1.68. The Hall–Kier alpha value is -4.05. The minimum atomic E-state index is -0.210. The molecule has 0 spiro atoms. The first-order valence-electron chi connectivity index (χ1n) is 11.4. The van der Waals surface area contributed by atoms with Gasteiger partial charge in [-0.15, -0.1) is 0 Å². The number of hydrogen-bond acceptors (Lipinski definition) is 9. The summed E-state index contributed by atoms with van der Waals surface area (Å²) in [7, 11) is 6.28. The predicted molar refractivity (Wildman–Crippen MR) is 133 cm³/mol. The molecular weight excluding hydrogens is 466 g/mol. The summed E-state index contributed by atoms with van der Waals surface area (Å²) in [5.74, 6) is 2.08. The Kier molecular flexibility index (Phi) is 8.06. The van der Waals surface area contributed by atoms with Gasteiger partial charge in [-0.1, -0.05) is 5.16 Å². The van der Waals surface area contributed by atoms with Gasteiger partial charge < -0.3 is 33.4 Å². The second-order valence-corrected chi connectivity index (χ2v) is 7.86. The van der Waals surface area contributed by atoms with Gasteiger partial charge in [0.15, 0.2) is 29.6 Å². The number of pyridine rings is 1. The molecule has 190 valence electrons. The highest BCUT2D eigenvalue weighted by Gasteiger charge is 2.20. The van der Waals surface area contributed by atoms with Crippen molar-refractivity contribution in [2.75, 3.05) is 61.3 Å². The minimum absolute atomic E-state index is 0.161. The van der Waals surface area contributed by atoms with E-state index in [0.717, 1.165) is 10.8 Å². The van der Waals surface area contributed by atoms with E-state index in [-0.39, 0.29) is 12.5 Å². The molecule has 2 aromatic carbocycles. The average Bonchev–Trinajstić information content (AvgIpc) is 2.94. The highest BCUT2D eigenvalue weighted by molar-refractivity contribution is 6.18. The number of morpholine rings is 1. The van der Waals surface area contributed by atoms with Crippen LogP contribution in [0.15, 0.2) is 47.8 Å². The second-order valence-electron chi connectivity index (χ2n) is 7.86. The summed E-state index contributed by atoms with van der Waals surface area (Å²) in [6.45, 7) is 1.87. The van der Waals surface area contributed by atoms with Crippen molar-refractivity contribution in [3.05, 3.63) is 53.9 Å². The zero-order valence-corrected chi connectivity index (χ0v) is 20.8. The molecule has 10 heteroatoms. The molecule has 36 heavy (non-hydrogen) atoms. The SMILES string of the molecule is COc1ccc(/C(=N/OCC(=O)N2CCOCC2)c2nccc3cc(OC)c(OC)cc23)cc1OC. The number of carbonyl (C=O) groups is 1. The third-order valence-corrected chi connectivity index (χ3v) is 5.86. The van der Waals surface area contributed by atoms with Crippen LogP contribution in [0, 0.1) is 0 Å². The Morgan fingerprint density at radius 2 is 1.58 bits per heavy atom. The van der Waals surface area contributed by atoms with Crippen molar-refractivity contribution < 1.29 is 33.3 Å². The quantitative estimate of drug-likeness (QED) is 0.330. The molecule has 0 N–H and O–H groups in total. The van der Waals surface area contributed by atoms with Gasteiger partial charge in [0.2, 0.25) is 0 Å². The number of aromatic nitrogens is 1. The molecule has 0 saturated carbocycles. The van der Waals surface area contributed by atoms with Crippen LogP contribution >= 0.6 is 0 Å². The molecule has 2 heterocycles. The Bertz CT molecular complexity index is 1260. The molecule has 4 rings (SSSR count). The van der Waals surface area contributed by atoms with Crippen molar-refractivity contribution in [1.29, 1.82) is 0 Å². The van der Waals surface area contributed by atoms with E-state index in [0.29, 0.717) is 66.3 Å². The summed E-state index contributed by atoms with van der Waals surface area (Å²) in [5, 5.41) is 6.03. The van der Waals surface area contributed by atoms with E-state index < -0.39 is 0 Å². The van der Waals surface area contributed by atoms with Gasteiger partial charge in [0.05, 0.1) is 41.7 Å². The van der Waals surface area contributed by atoms with Crippen LogP contribution in [0.4, 0.5) is 0 Å². The maximum absolute atomic E-state index is 12.6. The van der Waals surface area contributed by atoms with Gasteiger partial charge in [0.25, 0.3) is 5.91 Å². The molecule has 0 radical (unpaired) electrons. The molecule has 1 amide bonds. The molecule has 0 atom stereocenters. The molecule has 10 nitrogen and oxygen atoms in total. The van der Waals surface area contributed by atoms with Gasteiger partial charge in [0, 0.05) is 30.2 Å². The van der Waals surface area contributed by atoms with E-state index in [9.17, 15) is 4.79 Å². The third-order valence-electron chi connectivity index (χ3n) is 5.86. The Labute approximate surface area is 209 Å². The van der Waals surface area contributed by atoms with E-state index in [1.165, 1.54) is 0 Å². The van der Waals surface area contributed by atoms with Crippen molar-refractivity contribution in [3.8, 4) is 23.0 Å². The predicted octanol–water partition coefficient (Wildman–Crippen LogP) is 2.90. The smallest absolute Gasteiger partial charge is 0.263 e. The van der Waals surface area contributed by atoms with Crippen LogP contribution in [0.5, 0.6) is 23.0 Å². The second kappa shape index (κ2) is 11.6. The first-order chi connectivity index (χ1) is 17.6. The zero-order valence-electron chi connectivity index (χ0n) is 20.8. The molecule has 1 fully saturated rings. The molecule has 1 aromatic heterocycles. The van der Waals surface area contributed by atoms with Crippen molar-refractivity contribution in [1.82, 2.24) is 9.88 Å². The van der Waals surface area contributed by atoms with Crippen LogP contribution in [0.25, 0.3) is 10.8 Å². The number of nitrogens with zero attached hydrogens (tertiary/aromatic N) is 3. The van der Waals surface area contributed by atoms with Gasteiger partial charge in [-0.25, -0.2) is 0 Å². The standard InChI is InChI=1S/C26H29N3O7/c1-31-20-6-5-18(14-21(20)32-2)25(28-36-16-24(30)29-9-11-35-12-10-29)26-19-15-23(34-4)22(33-3)13-17(19)7-8-27-26/h5-8,13-15H,9-12,16H2,1-4H3/b28-25-. The lowest BCUT2D eigenvalue weighted by Gasteiger charge is -2.26. The fraction of sp³-hybridized carbons (Fsp3) is 0.346. The van der Waals surface area contributed by atoms with E-state index in [1.54, 1.807) is 51.7 Å². The van der Waals surface area contributed by atoms with Gasteiger partial charge in [0.1, 0.15) is 11.4 Å². The normalized spacial score (nSPS) is 13.9. The molecule has 1 aliphatic heterocycles. The van der Waals surface area contributed by atoms with Crippen LogP contribution in [0.1, 0.15) is 11.3 Å².